The van der Waals surface area contributed by atoms with E-state index < -0.39 is 17.4 Å². The number of nitrogens with two attached hydrogens (primary N) is 1. The maximum absolute atomic E-state index is 11.8. The number of amides is 1. The van der Waals surface area contributed by atoms with Crippen molar-refractivity contribution in [2.24, 2.45) is 11.7 Å². The number of methoxy groups -OCH3 is 1. The van der Waals surface area contributed by atoms with Gasteiger partial charge in [0.2, 0.25) is 5.91 Å². The minimum atomic E-state index is -0.875. The topological polar surface area (TPSA) is 94.3 Å². The van der Waals surface area contributed by atoms with Crippen molar-refractivity contribution < 1.29 is 14.3 Å². The van der Waals surface area contributed by atoms with E-state index in [0.29, 0.717) is 11.3 Å². The number of aryl methyl sites for hydroxylation is 1. The number of pyridine rings is 1. The molecule has 0 bridgehead atoms. The predicted octanol–water partition coefficient (Wildman–Crippen LogP) is 1.17. The summed E-state index contributed by atoms with van der Waals surface area (Å²) < 4.78 is 4.76. The van der Waals surface area contributed by atoms with E-state index in [2.05, 4.69) is 10.3 Å². The van der Waals surface area contributed by atoms with Crippen LogP contribution in [0.15, 0.2) is 12.3 Å². The fraction of sp³-hybridized carbons (Fsp3) is 0.533. The molecule has 21 heavy (non-hydrogen) atoms. The van der Waals surface area contributed by atoms with Crippen molar-refractivity contribution in [3.05, 3.63) is 29.1 Å². The Hall–Kier alpha value is -1.95. The third-order valence-electron chi connectivity index (χ3n) is 3.80. The SMILES string of the molecule is COC(=O)c1cc(C)cnc1CNC(C)(C(N)=O)C(C)C. The Morgan fingerprint density at radius 1 is 1.48 bits per heavy atom. The molecule has 1 aromatic rings. The molecule has 6 nitrogen and oxygen atoms in total. The maximum Gasteiger partial charge on any atom is 0.339 e. The van der Waals surface area contributed by atoms with Crippen molar-refractivity contribution in [1.82, 2.24) is 10.3 Å². The first kappa shape index (κ1) is 17.1. The molecule has 0 saturated carbocycles. The molecule has 3 N–H and O–H groups in total. The zero-order valence-electron chi connectivity index (χ0n) is 13.2. The summed E-state index contributed by atoms with van der Waals surface area (Å²) in [5, 5.41) is 3.11. The summed E-state index contributed by atoms with van der Waals surface area (Å²) in [6, 6.07) is 1.72. The molecule has 1 unspecified atom stereocenters. The lowest BCUT2D eigenvalue weighted by Gasteiger charge is -2.31. The Bertz CT molecular complexity index is 543. The molecule has 6 heteroatoms. The zero-order valence-corrected chi connectivity index (χ0v) is 13.2. The minimum absolute atomic E-state index is 0.00188. The lowest BCUT2D eigenvalue weighted by molar-refractivity contribution is -0.125. The number of ether oxygens (including phenoxy) is 1. The number of aromatic nitrogens is 1. The van der Waals surface area contributed by atoms with Crippen LogP contribution in [-0.4, -0.2) is 29.5 Å². The smallest absolute Gasteiger partial charge is 0.339 e. The van der Waals surface area contributed by atoms with E-state index in [0.717, 1.165) is 5.56 Å². The van der Waals surface area contributed by atoms with Crippen LogP contribution in [0.1, 0.15) is 42.4 Å². The van der Waals surface area contributed by atoms with Crippen LogP contribution in [0, 0.1) is 12.8 Å². The van der Waals surface area contributed by atoms with Gasteiger partial charge in [-0.15, -0.1) is 0 Å². The second-order valence-corrected chi connectivity index (χ2v) is 5.57. The molecule has 1 rings (SSSR count). The van der Waals surface area contributed by atoms with Gasteiger partial charge in [0.05, 0.1) is 23.9 Å². The number of carbonyl (C=O) groups is 2. The summed E-state index contributed by atoms with van der Waals surface area (Å²) in [5.41, 5.74) is 6.38. The maximum atomic E-state index is 11.8. The van der Waals surface area contributed by atoms with Gasteiger partial charge in [0.1, 0.15) is 0 Å². The number of primary amides is 1. The van der Waals surface area contributed by atoms with Crippen molar-refractivity contribution in [2.75, 3.05) is 7.11 Å². The van der Waals surface area contributed by atoms with Crippen molar-refractivity contribution in [1.29, 1.82) is 0 Å². The molecule has 0 aliphatic carbocycles. The molecule has 116 valence electrons. The summed E-state index contributed by atoms with van der Waals surface area (Å²) >= 11 is 0. The third kappa shape index (κ3) is 3.78. The Morgan fingerprint density at radius 3 is 2.57 bits per heavy atom. The number of rotatable bonds is 6. The zero-order chi connectivity index (χ0) is 16.2. The number of hydrogen-bond acceptors (Lipinski definition) is 5. The number of nitrogens with zero attached hydrogens (tertiary/aromatic N) is 1. The summed E-state index contributed by atoms with van der Waals surface area (Å²) in [5.74, 6) is -0.889. The van der Waals surface area contributed by atoms with Crippen LogP contribution in [0.2, 0.25) is 0 Å². The van der Waals surface area contributed by atoms with E-state index in [1.807, 2.05) is 20.8 Å². The molecule has 0 aliphatic heterocycles. The molecular formula is C15H23N3O3. The molecule has 0 spiro atoms. The van der Waals surface area contributed by atoms with Gasteiger partial charge in [-0.25, -0.2) is 4.79 Å². The number of carbonyl (C=O) groups excluding carboxylic acids is 2. The van der Waals surface area contributed by atoms with Gasteiger partial charge >= 0.3 is 5.97 Å². The van der Waals surface area contributed by atoms with Crippen LogP contribution < -0.4 is 11.1 Å². The van der Waals surface area contributed by atoms with Crippen LogP contribution in [0.5, 0.6) is 0 Å². The van der Waals surface area contributed by atoms with E-state index in [4.69, 9.17) is 10.5 Å². The molecule has 0 radical (unpaired) electrons. The molecule has 1 atom stereocenters. The average molecular weight is 293 g/mol. The van der Waals surface area contributed by atoms with E-state index >= 15 is 0 Å². The van der Waals surface area contributed by atoms with Crippen molar-refractivity contribution in [2.45, 2.75) is 39.8 Å². The van der Waals surface area contributed by atoms with Gasteiger partial charge < -0.3 is 10.5 Å². The first-order valence-corrected chi connectivity index (χ1v) is 6.81. The molecule has 1 aromatic heterocycles. The van der Waals surface area contributed by atoms with Gasteiger partial charge in [-0.1, -0.05) is 13.8 Å². The highest BCUT2D eigenvalue weighted by Gasteiger charge is 2.34. The Kier molecular flexibility index (Phi) is 5.43. The molecule has 0 aliphatic rings. The van der Waals surface area contributed by atoms with Gasteiger partial charge in [-0.05, 0) is 31.4 Å². The van der Waals surface area contributed by atoms with Crippen molar-refractivity contribution in [3.8, 4) is 0 Å². The molecule has 1 heterocycles. The molecule has 0 aromatic carbocycles. The minimum Gasteiger partial charge on any atom is -0.465 e. The van der Waals surface area contributed by atoms with Gasteiger partial charge in [0, 0.05) is 12.7 Å². The Balaban J connectivity index is 3.03. The number of nitrogens with one attached hydrogen (secondary N) is 1. The third-order valence-corrected chi connectivity index (χ3v) is 3.80. The van der Waals surface area contributed by atoms with E-state index in [-0.39, 0.29) is 12.5 Å². The highest BCUT2D eigenvalue weighted by Crippen LogP contribution is 2.18. The molecular weight excluding hydrogens is 270 g/mol. The standard InChI is InChI=1S/C15H23N3O3/c1-9(2)15(4,14(16)20)18-8-12-11(13(19)21-5)6-10(3)7-17-12/h6-7,9,18H,8H2,1-5H3,(H2,16,20). The fourth-order valence-electron chi connectivity index (χ4n) is 1.87. The lowest BCUT2D eigenvalue weighted by atomic mass is 9.87. The van der Waals surface area contributed by atoms with Gasteiger partial charge in [-0.3, -0.25) is 15.1 Å². The fourth-order valence-corrected chi connectivity index (χ4v) is 1.87. The van der Waals surface area contributed by atoms with Crippen LogP contribution in [-0.2, 0) is 16.1 Å². The van der Waals surface area contributed by atoms with E-state index in [9.17, 15) is 9.59 Å². The number of esters is 1. The van der Waals surface area contributed by atoms with E-state index in [1.165, 1.54) is 7.11 Å². The van der Waals surface area contributed by atoms with Crippen LogP contribution >= 0.6 is 0 Å². The van der Waals surface area contributed by atoms with Crippen molar-refractivity contribution in [3.63, 3.8) is 0 Å². The van der Waals surface area contributed by atoms with Crippen LogP contribution in [0.4, 0.5) is 0 Å². The highest BCUT2D eigenvalue weighted by molar-refractivity contribution is 5.90. The summed E-state index contributed by atoms with van der Waals surface area (Å²) in [6.07, 6.45) is 1.67. The first-order valence-electron chi connectivity index (χ1n) is 6.81. The summed E-state index contributed by atoms with van der Waals surface area (Å²) in [7, 11) is 1.32. The largest absolute Gasteiger partial charge is 0.465 e. The summed E-state index contributed by atoms with van der Waals surface area (Å²) in [4.78, 5) is 27.7. The molecule has 0 fully saturated rings. The highest BCUT2D eigenvalue weighted by atomic mass is 16.5. The second kappa shape index (κ2) is 6.67. The second-order valence-electron chi connectivity index (χ2n) is 5.57. The monoisotopic (exact) mass is 293 g/mol. The van der Waals surface area contributed by atoms with Gasteiger partial charge in [0.25, 0.3) is 0 Å². The Morgan fingerprint density at radius 2 is 2.10 bits per heavy atom. The van der Waals surface area contributed by atoms with Gasteiger partial charge in [0.15, 0.2) is 0 Å². The normalized spacial score (nSPS) is 13.8. The molecule has 1 amide bonds. The Labute approximate surface area is 125 Å². The quantitative estimate of drug-likeness (QED) is 0.768. The van der Waals surface area contributed by atoms with Crippen molar-refractivity contribution >= 4 is 11.9 Å². The van der Waals surface area contributed by atoms with Crippen LogP contribution in [0.3, 0.4) is 0 Å². The first-order chi connectivity index (χ1) is 9.72. The van der Waals surface area contributed by atoms with Gasteiger partial charge in [-0.2, -0.15) is 0 Å². The predicted molar refractivity (Wildman–Crippen MR) is 79.6 cm³/mol. The lowest BCUT2D eigenvalue weighted by Crippen LogP contribution is -2.56. The number of hydrogen-bond donors (Lipinski definition) is 2. The average Bonchev–Trinajstić information content (AvgIpc) is 2.44. The van der Waals surface area contributed by atoms with E-state index in [1.54, 1.807) is 19.2 Å². The summed E-state index contributed by atoms with van der Waals surface area (Å²) in [6.45, 7) is 7.65. The van der Waals surface area contributed by atoms with Crippen LogP contribution in [0.25, 0.3) is 0 Å². The molecule has 0 saturated heterocycles.